The molecule has 0 N–H and O–H groups in total. The third-order valence-electron chi connectivity index (χ3n) is 2.78. The van der Waals surface area contributed by atoms with Gasteiger partial charge in [0.15, 0.2) is 0 Å². The maximum atomic E-state index is 5.81. The molecule has 1 heterocycles. The Morgan fingerprint density at radius 2 is 1.79 bits per heavy atom. The smallest absolute Gasteiger partial charge is 0.247 e. The van der Waals surface area contributed by atoms with E-state index in [4.69, 9.17) is 9.15 Å². The summed E-state index contributed by atoms with van der Waals surface area (Å²) in [6.45, 7) is 2.02. The van der Waals surface area contributed by atoms with E-state index in [-0.39, 0.29) is 0 Å². The summed E-state index contributed by atoms with van der Waals surface area (Å²) < 4.78 is 10.9. The highest BCUT2D eigenvalue weighted by molar-refractivity contribution is 5.54. The number of aromatic nitrogens is 2. The van der Waals surface area contributed by atoms with E-state index in [2.05, 4.69) is 10.2 Å². The minimum atomic E-state index is 0.502. The van der Waals surface area contributed by atoms with Crippen LogP contribution in [0.15, 0.2) is 59.3 Å². The van der Waals surface area contributed by atoms with E-state index in [1.807, 2.05) is 55.5 Å². The molecule has 4 nitrogen and oxygen atoms in total. The molecule has 0 spiro atoms. The van der Waals surface area contributed by atoms with Crippen molar-refractivity contribution in [2.24, 2.45) is 0 Å². The van der Waals surface area contributed by atoms with Crippen LogP contribution in [-0.4, -0.2) is 10.2 Å². The second-order valence-electron chi connectivity index (χ2n) is 4.14. The zero-order valence-corrected chi connectivity index (χ0v) is 10.4. The monoisotopic (exact) mass is 252 g/mol. The Hall–Kier alpha value is -2.62. The molecule has 3 rings (SSSR count). The van der Waals surface area contributed by atoms with Gasteiger partial charge in [-0.25, -0.2) is 0 Å². The summed E-state index contributed by atoms with van der Waals surface area (Å²) in [6.07, 6.45) is 1.31. The zero-order chi connectivity index (χ0) is 13.1. The Balaban J connectivity index is 1.82. The van der Waals surface area contributed by atoms with Gasteiger partial charge < -0.3 is 9.15 Å². The molecule has 0 aliphatic carbocycles. The molecule has 94 valence electrons. The Bertz CT molecular complexity index is 661. The third-order valence-corrected chi connectivity index (χ3v) is 2.78. The van der Waals surface area contributed by atoms with Gasteiger partial charge >= 0.3 is 0 Å². The van der Waals surface area contributed by atoms with Crippen molar-refractivity contribution < 1.29 is 9.15 Å². The molecule has 3 aromatic rings. The number of rotatable bonds is 3. The molecule has 19 heavy (non-hydrogen) atoms. The van der Waals surface area contributed by atoms with Gasteiger partial charge in [-0.05, 0) is 42.8 Å². The Labute approximate surface area is 110 Å². The normalized spacial score (nSPS) is 10.4. The molecule has 0 saturated carbocycles. The van der Waals surface area contributed by atoms with Gasteiger partial charge in [-0.2, -0.15) is 0 Å². The second-order valence-corrected chi connectivity index (χ2v) is 4.14. The lowest BCUT2D eigenvalue weighted by molar-refractivity contribution is 0.479. The van der Waals surface area contributed by atoms with Gasteiger partial charge in [0, 0.05) is 5.56 Å². The number of benzene rings is 2. The van der Waals surface area contributed by atoms with Crippen LogP contribution in [-0.2, 0) is 0 Å². The van der Waals surface area contributed by atoms with Crippen molar-refractivity contribution in [2.45, 2.75) is 6.92 Å². The first kappa shape index (κ1) is 11.5. The maximum absolute atomic E-state index is 5.81. The van der Waals surface area contributed by atoms with E-state index in [0.29, 0.717) is 5.89 Å². The minimum absolute atomic E-state index is 0.502. The maximum Gasteiger partial charge on any atom is 0.247 e. The van der Waals surface area contributed by atoms with Crippen molar-refractivity contribution in [3.8, 4) is 23.0 Å². The number of hydrogen-bond donors (Lipinski definition) is 0. The van der Waals surface area contributed by atoms with Crippen LogP contribution in [0.25, 0.3) is 11.5 Å². The molecule has 0 unspecified atom stereocenters. The molecular formula is C15H12N2O2. The molecule has 0 aliphatic heterocycles. The second kappa shape index (κ2) is 4.94. The fourth-order valence-corrected chi connectivity index (χ4v) is 1.76. The molecule has 0 radical (unpaired) electrons. The van der Waals surface area contributed by atoms with E-state index < -0.39 is 0 Å². The van der Waals surface area contributed by atoms with Crippen LogP contribution in [0.3, 0.4) is 0 Å². The lowest BCUT2D eigenvalue weighted by Crippen LogP contribution is -1.87. The molecule has 0 fully saturated rings. The summed E-state index contributed by atoms with van der Waals surface area (Å²) >= 11 is 0. The average molecular weight is 252 g/mol. The molecule has 0 saturated heterocycles. The van der Waals surface area contributed by atoms with Crippen LogP contribution in [0.2, 0.25) is 0 Å². The Kier molecular flexibility index (Phi) is 2.98. The first-order chi connectivity index (χ1) is 9.33. The van der Waals surface area contributed by atoms with Gasteiger partial charge in [0.25, 0.3) is 0 Å². The van der Waals surface area contributed by atoms with Crippen molar-refractivity contribution >= 4 is 0 Å². The van der Waals surface area contributed by atoms with E-state index >= 15 is 0 Å². The molecule has 2 aromatic carbocycles. The van der Waals surface area contributed by atoms with Gasteiger partial charge in [0.1, 0.15) is 11.5 Å². The van der Waals surface area contributed by atoms with Crippen LogP contribution in [0.5, 0.6) is 11.5 Å². The number of ether oxygens (including phenoxy) is 1. The van der Waals surface area contributed by atoms with Crippen LogP contribution < -0.4 is 4.74 Å². The van der Waals surface area contributed by atoms with E-state index in [1.165, 1.54) is 6.39 Å². The van der Waals surface area contributed by atoms with Crippen molar-refractivity contribution in [2.75, 3.05) is 0 Å². The average Bonchev–Trinajstić information content (AvgIpc) is 2.96. The van der Waals surface area contributed by atoms with Gasteiger partial charge in [0.2, 0.25) is 12.3 Å². The minimum Gasteiger partial charge on any atom is -0.457 e. The largest absolute Gasteiger partial charge is 0.457 e. The number of hydrogen-bond acceptors (Lipinski definition) is 4. The number of nitrogens with zero attached hydrogens (tertiary/aromatic N) is 2. The van der Waals surface area contributed by atoms with Crippen molar-refractivity contribution in [1.82, 2.24) is 10.2 Å². The van der Waals surface area contributed by atoms with E-state index in [0.717, 1.165) is 22.6 Å². The zero-order valence-electron chi connectivity index (χ0n) is 10.4. The summed E-state index contributed by atoms with van der Waals surface area (Å²) in [4.78, 5) is 0. The highest BCUT2D eigenvalue weighted by atomic mass is 16.5. The highest BCUT2D eigenvalue weighted by Crippen LogP contribution is 2.26. The standard InChI is InChI=1S/C15H12N2O2/c1-11-4-2-3-5-14(11)19-13-8-6-12(7-9-13)15-17-16-10-18-15/h2-10H,1H3. The lowest BCUT2D eigenvalue weighted by atomic mass is 10.2. The summed E-state index contributed by atoms with van der Waals surface area (Å²) in [5.41, 5.74) is 1.97. The van der Waals surface area contributed by atoms with Crippen LogP contribution >= 0.6 is 0 Å². The number of aryl methyl sites for hydroxylation is 1. The molecule has 0 bridgehead atoms. The Morgan fingerprint density at radius 3 is 2.47 bits per heavy atom. The third kappa shape index (κ3) is 2.47. The van der Waals surface area contributed by atoms with Crippen molar-refractivity contribution in [3.63, 3.8) is 0 Å². The topological polar surface area (TPSA) is 48.2 Å². The quantitative estimate of drug-likeness (QED) is 0.710. The Morgan fingerprint density at radius 1 is 1.00 bits per heavy atom. The highest BCUT2D eigenvalue weighted by Gasteiger charge is 2.04. The summed E-state index contributed by atoms with van der Waals surface area (Å²) in [7, 11) is 0. The predicted octanol–water partition coefficient (Wildman–Crippen LogP) is 3.84. The fourth-order valence-electron chi connectivity index (χ4n) is 1.76. The summed E-state index contributed by atoms with van der Waals surface area (Å²) in [5.74, 6) is 2.13. The first-order valence-corrected chi connectivity index (χ1v) is 5.93. The van der Waals surface area contributed by atoms with E-state index in [9.17, 15) is 0 Å². The van der Waals surface area contributed by atoms with Crippen LogP contribution in [0.4, 0.5) is 0 Å². The van der Waals surface area contributed by atoms with Gasteiger partial charge in [-0.15, -0.1) is 10.2 Å². The van der Waals surface area contributed by atoms with Crippen molar-refractivity contribution in [1.29, 1.82) is 0 Å². The number of para-hydroxylation sites is 1. The van der Waals surface area contributed by atoms with E-state index in [1.54, 1.807) is 0 Å². The van der Waals surface area contributed by atoms with Crippen LogP contribution in [0, 0.1) is 6.92 Å². The van der Waals surface area contributed by atoms with Crippen molar-refractivity contribution in [3.05, 3.63) is 60.5 Å². The SMILES string of the molecule is Cc1ccccc1Oc1ccc(-c2nnco2)cc1. The molecule has 0 atom stereocenters. The molecule has 0 amide bonds. The van der Waals surface area contributed by atoms with Crippen LogP contribution in [0.1, 0.15) is 5.56 Å². The summed E-state index contributed by atoms with van der Waals surface area (Å²) in [5, 5.41) is 7.51. The first-order valence-electron chi connectivity index (χ1n) is 5.93. The lowest BCUT2D eigenvalue weighted by Gasteiger charge is -2.08. The molecule has 4 heteroatoms. The van der Waals surface area contributed by atoms with Gasteiger partial charge in [0.05, 0.1) is 0 Å². The fraction of sp³-hybridized carbons (Fsp3) is 0.0667. The molecule has 0 aliphatic rings. The predicted molar refractivity (Wildman–Crippen MR) is 71.0 cm³/mol. The van der Waals surface area contributed by atoms with Gasteiger partial charge in [-0.3, -0.25) is 0 Å². The molecular weight excluding hydrogens is 240 g/mol. The summed E-state index contributed by atoms with van der Waals surface area (Å²) in [6, 6.07) is 15.4. The van der Waals surface area contributed by atoms with Gasteiger partial charge in [-0.1, -0.05) is 18.2 Å². The molecule has 1 aromatic heterocycles.